The lowest BCUT2D eigenvalue weighted by Gasteiger charge is -2.29. The van der Waals surface area contributed by atoms with Crippen LogP contribution in [0.1, 0.15) is 13.3 Å². The zero-order chi connectivity index (χ0) is 14.8. The van der Waals surface area contributed by atoms with E-state index in [-0.39, 0.29) is 5.92 Å². The van der Waals surface area contributed by atoms with Gasteiger partial charge in [0.25, 0.3) is 0 Å². The van der Waals surface area contributed by atoms with Gasteiger partial charge in [0.05, 0.1) is 11.8 Å². The summed E-state index contributed by atoms with van der Waals surface area (Å²) >= 11 is 0. The van der Waals surface area contributed by atoms with Crippen molar-refractivity contribution in [3.63, 3.8) is 0 Å². The van der Waals surface area contributed by atoms with Gasteiger partial charge in [0.15, 0.2) is 0 Å². The molecule has 0 aromatic rings. The highest BCUT2D eigenvalue weighted by molar-refractivity contribution is 5.85. The third-order valence-electron chi connectivity index (χ3n) is 4.43. The van der Waals surface area contributed by atoms with Gasteiger partial charge in [-0.3, -0.25) is 9.59 Å². The van der Waals surface area contributed by atoms with Crippen molar-refractivity contribution in [1.82, 2.24) is 0 Å². The second kappa shape index (κ2) is 3.89. The van der Waals surface area contributed by atoms with Gasteiger partial charge in [-0.15, -0.1) is 0 Å². The lowest BCUT2D eigenvalue weighted by Crippen LogP contribution is -2.45. The molecule has 0 radical (unpaired) electrons. The van der Waals surface area contributed by atoms with Crippen LogP contribution in [0.2, 0.25) is 0 Å². The van der Waals surface area contributed by atoms with Crippen LogP contribution in [-0.4, -0.2) is 41.1 Å². The molecule has 2 bridgehead atoms. The van der Waals surface area contributed by atoms with Crippen molar-refractivity contribution in [3.05, 3.63) is 0 Å². The number of esters is 2. The summed E-state index contributed by atoms with van der Waals surface area (Å²) in [5, 5.41) is 9.19. The van der Waals surface area contributed by atoms with Crippen LogP contribution in [0.4, 0.5) is 8.78 Å². The van der Waals surface area contributed by atoms with Gasteiger partial charge in [-0.25, -0.2) is 4.79 Å². The fourth-order valence-electron chi connectivity index (χ4n) is 3.71. The molecule has 1 N–H and O–H groups in total. The van der Waals surface area contributed by atoms with Gasteiger partial charge < -0.3 is 14.6 Å². The highest BCUT2D eigenvalue weighted by Crippen LogP contribution is 2.58. The van der Waals surface area contributed by atoms with Crippen molar-refractivity contribution in [3.8, 4) is 0 Å². The van der Waals surface area contributed by atoms with Gasteiger partial charge in [0.2, 0.25) is 0 Å². The molecule has 0 spiro atoms. The molecular formula is C12H12F2O6. The number of rotatable bonds is 3. The van der Waals surface area contributed by atoms with Crippen LogP contribution < -0.4 is 0 Å². The number of carbonyl (C=O) groups excluding carboxylic acids is 2. The van der Waals surface area contributed by atoms with E-state index in [2.05, 4.69) is 0 Å². The van der Waals surface area contributed by atoms with Gasteiger partial charge in [-0.05, 0) is 6.42 Å². The number of carbonyl (C=O) groups is 3. The first kappa shape index (κ1) is 13.3. The van der Waals surface area contributed by atoms with Gasteiger partial charge >= 0.3 is 23.8 Å². The molecule has 2 aliphatic carbocycles. The topological polar surface area (TPSA) is 89.9 Å². The second-order valence-corrected chi connectivity index (χ2v) is 5.61. The first-order chi connectivity index (χ1) is 9.21. The standard InChI is InChI=1S/C12H12F2O6/c1-12(13,14)11(18)20-8-3-2-4-6(5(3)9(15)16)10(17)19-7(4)8/h3-8H,2H2,1H3,(H,15,16). The number of ether oxygens (including phenoxy) is 2. The summed E-state index contributed by atoms with van der Waals surface area (Å²) < 4.78 is 35.5. The fourth-order valence-corrected chi connectivity index (χ4v) is 3.71. The monoisotopic (exact) mass is 290 g/mol. The van der Waals surface area contributed by atoms with Crippen LogP contribution in [0, 0.1) is 23.7 Å². The zero-order valence-electron chi connectivity index (χ0n) is 10.4. The van der Waals surface area contributed by atoms with Gasteiger partial charge in [-0.2, -0.15) is 8.78 Å². The quantitative estimate of drug-likeness (QED) is 0.759. The van der Waals surface area contributed by atoms with Gasteiger partial charge in [0, 0.05) is 18.8 Å². The Morgan fingerprint density at radius 3 is 2.60 bits per heavy atom. The minimum Gasteiger partial charge on any atom is -0.481 e. The molecule has 1 heterocycles. The molecule has 8 heteroatoms. The number of hydrogen-bond acceptors (Lipinski definition) is 5. The van der Waals surface area contributed by atoms with Crippen molar-refractivity contribution >= 4 is 17.9 Å². The van der Waals surface area contributed by atoms with E-state index in [0.717, 1.165) is 0 Å². The largest absolute Gasteiger partial charge is 0.481 e. The van der Waals surface area contributed by atoms with Crippen LogP contribution in [0.3, 0.4) is 0 Å². The third-order valence-corrected chi connectivity index (χ3v) is 4.43. The Kier molecular flexibility index (Phi) is 2.58. The molecule has 1 saturated heterocycles. The van der Waals surface area contributed by atoms with E-state index in [1.165, 1.54) is 0 Å². The van der Waals surface area contributed by atoms with Crippen LogP contribution in [0.5, 0.6) is 0 Å². The Morgan fingerprint density at radius 2 is 2.05 bits per heavy atom. The Balaban J connectivity index is 1.86. The molecule has 3 aliphatic rings. The lowest BCUT2D eigenvalue weighted by atomic mass is 9.78. The Hall–Kier alpha value is -1.73. The minimum absolute atomic E-state index is 0.339. The van der Waals surface area contributed by atoms with E-state index in [9.17, 15) is 28.3 Å². The summed E-state index contributed by atoms with van der Waals surface area (Å²) in [5.74, 6) is -10.0. The van der Waals surface area contributed by atoms with Crippen molar-refractivity contribution < 1.29 is 37.7 Å². The summed E-state index contributed by atoms with van der Waals surface area (Å²) in [6.45, 7) is 0.403. The Bertz CT molecular complexity index is 499. The van der Waals surface area contributed by atoms with Crippen molar-refractivity contribution in [2.45, 2.75) is 31.5 Å². The zero-order valence-corrected chi connectivity index (χ0v) is 10.4. The fraction of sp³-hybridized carbons (Fsp3) is 0.750. The van der Waals surface area contributed by atoms with E-state index in [0.29, 0.717) is 13.3 Å². The number of halogens is 2. The van der Waals surface area contributed by atoms with E-state index >= 15 is 0 Å². The first-order valence-electron chi connectivity index (χ1n) is 6.24. The van der Waals surface area contributed by atoms with Crippen molar-refractivity contribution in [2.75, 3.05) is 0 Å². The molecule has 6 atom stereocenters. The highest BCUT2D eigenvalue weighted by atomic mass is 19.3. The highest BCUT2D eigenvalue weighted by Gasteiger charge is 2.70. The normalized spacial score (nSPS) is 41.6. The number of hydrogen-bond donors (Lipinski definition) is 1. The maximum Gasteiger partial charge on any atom is 0.377 e. The Labute approximate surface area is 112 Å². The van der Waals surface area contributed by atoms with E-state index in [1.54, 1.807) is 0 Å². The van der Waals surface area contributed by atoms with Gasteiger partial charge in [0.1, 0.15) is 12.2 Å². The number of carboxylic acids is 1. The third kappa shape index (κ3) is 1.63. The molecular weight excluding hydrogens is 278 g/mol. The Morgan fingerprint density at radius 1 is 1.40 bits per heavy atom. The van der Waals surface area contributed by atoms with Gasteiger partial charge in [-0.1, -0.05) is 0 Å². The molecule has 1 aliphatic heterocycles. The number of aliphatic carboxylic acids is 1. The number of carboxylic acid groups (broad SMARTS) is 1. The summed E-state index contributed by atoms with van der Waals surface area (Å²) in [5.41, 5.74) is 0. The summed E-state index contributed by atoms with van der Waals surface area (Å²) in [6.07, 6.45) is -1.55. The predicted octanol–water partition coefficient (Wildman–Crippen LogP) is 0.446. The second-order valence-electron chi connectivity index (χ2n) is 5.61. The summed E-state index contributed by atoms with van der Waals surface area (Å²) in [6, 6.07) is 0. The SMILES string of the molecule is CC(F)(F)C(=O)OC1C2CC3C1OC(=O)C3C2C(=O)O. The average Bonchev–Trinajstić information content (AvgIpc) is 2.90. The molecule has 0 aromatic heterocycles. The van der Waals surface area contributed by atoms with Crippen LogP contribution in [0.15, 0.2) is 0 Å². The van der Waals surface area contributed by atoms with E-state index < -0.39 is 53.8 Å². The maximum atomic E-state index is 12.9. The molecule has 3 fully saturated rings. The number of alkyl halides is 2. The first-order valence-corrected chi connectivity index (χ1v) is 6.24. The van der Waals surface area contributed by atoms with Crippen LogP contribution >= 0.6 is 0 Å². The molecule has 0 amide bonds. The molecule has 2 saturated carbocycles. The van der Waals surface area contributed by atoms with E-state index in [4.69, 9.17) is 9.47 Å². The lowest BCUT2D eigenvalue weighted by molar-refractivity contribution is -0.185. The smallest absolute Gasteiger partial charge is 0.377 e. The molecule has 110 valence electrons. The molecule has 3 rings (SSSR count). The number of fused-ring (bicyclic) bond motifs is 1. The van der Waals surface area contributed by atoms with Crippen LogP contribution in [-0.2, 0) is 23.9 Å². The van der Waals surface area contributed by atoms with Crippen molar-refractivity contribution in [2.24, 2.45) is 23.7 Å². The summed E-state index contributed by atoms with van der Waals surface area (Å²) in [7, 11) is 0. The van der Waals surface area contributed by atoms with Crippen LogP contribution in [0.25, 0.3) is 0 Å². The summed E-state index contributed by atoms with van der Waals surface area (Å²) in [4.78, 5) is 34.2. The predicted molar refractivity (Wildman–Crippen MR) is 56.6 cm³/mol. The minimum atomic E-state index is -3.66. The van der Waals surface area contributed by atoms with Crippen molar-refractivity contribution in [1.29, 1.82) is 0 Å². The molecule has 20 heavy (non-hydrogen) atoms. The molecule has 6 unspecified atom stereocenters. The molecule has 6 nitrogen and oxygen atoms in total. The maximum absolute atomic E-state index is 12.9. The average molecular weight is 290 g/mol. The van der Waals surface area contributed by atoms with E-state index in [1.807, 2.05) is 0 Å². The molecule has 0 aromatic carbocycles.